The van der Waals surface area contributed by atoms with E-state index >= 15 is 0 Å². The van der Waals surface area contributed by atoms with Crippen molar-refractivity contribution in [2.45, 2.75) is 18.7 Å². The normalized spacial score (nSPS) is 9.85. The molecule has 0 fully saturated rings. The van der Waals surface area contributed by atoms with Crippen molar-refractivity contribution in [2.75, 3.05) is 0 Å². The smallest absolute Gasteiger partial charge is 0.308 e. The maximum Gasteiger partial charge on any atom is 0.308 e. The van der Waals surface area contributed by atoms with Gasteiger partial charge < -0.3 is 4.74 Å². The van der Waals surface area contributed by atoms with E-state index in [-0.39, 0.29) is 5.97 Å². The molecule has 0 amide bonds. The molecule has 0 aromatic heterocycles. The molecule has 0 unspecified atom stereocenters. The maximum absolute atomic E-state index is 10.8. The van der Waals surface area contributed by atoms with Crippen LogP contribution in [0.2, 0.25) is 0 Å². The van der Waals surface area contributed by atoms with Crippen molar-refractivity contribution in [3.05, 3.63) is 22.2 Å². The molecule has 0 radical (unpaired) electrons. The van der Waals surface area contributed by atoms with E-state index in [1.54, 1.807) is 6.07 Å². The lowest BCUT2D eigenvalue weighted by Crippen LogP contribution is -2.03. The molecule has 2 nitrogen and oxygen atoms in total. The third-order valence-corrected chi connectivity index (χ3v) is 2.78. The number of halogens is 1. The third kappa shape index (κ3) is 2.48. The first-order chi connectivity index (χ1) is 6.02. The largest absolute Gasteiger partial charge is 0.425 e. The first-order valence-electron chi connectivity index (χ1n) is 3.69. The van der Waals surface area contributed by atoms with E-state index in [9.17, 15) is 4.79 Å². The third-order valence-electron chi connectivity index (χ3n) is 1.56. The van der Waals surface area contributed by atoms with Gasteiger partial charge in [0.1, 0.15) is 5.75 Å². The molecule has 1 rings (SSSR count). The van der Waals surface area contributed by atoms with E-state index in [2.05, 4.69) is 28.6 Å². The van der Waals surface area contributed by atoms with Gasteiger partial charge >= 0.3 is 5.97 Å². The molecule has 0 heterocycles. The Balaban J connectivity index is 3.17. The molecule has 0 atom stereocenters. The molecule has 1 aromatic rings. The molecule has 0 saturated carbocycles. The quantitative estimate of drug-likeness (QED) is 0.478. The van der Waals surface area contributed by atoms with Crippen LogP contribution in [0.1, 0.15) is 12.5 Å². The molecule has 4 heteroatoms. The minimum atomic E-state index is -0.337. The highest BCUT2D eigenvalue weighted by atomic mass is 79.9. The molecule has 0 saturated heterocycles. The number of hydrogen-bond acceptors (Lipinski definition) is 3. The first-order valence-corrected chi connectivity index (χ1v) is 4.93. The van der Waals surface area contributed by atoms with Crippen LogP contribution in [-0.2, 0) is 4.79 Å². The molecule has 0 N–H and O–H groups in total. The predicted molar refractivity (Wildman–Crippen MR) is 57.4 cm³/mol. The Kier molecular flexibility index (Phi) is 3.39. The molecule has 0 spiro atoms. The second-order valence-electron chi connectivity index (χ2n) is 2.61. The van der Waals surface area contributed by atoms with Gasteiger partial charge in [0.25, 0.3) is 0 Å². The first kappa shape index (κ1) is 10.6. The highest BCUT2D eigenvalue weighted by Crippen LogP contribution is 2.32. The fraction of sp³-hybridized carbons (Fsp3) is 0.222. The predicted octanol–water partition coefficient (Wildman–Crippen LogP) is 2.97. The van der Waals surface area contributed by atoms with Gasteiger partial charge in [-0.15, -0.1) is 12.6 Å². The standard InChI is InChI=1S/C9H9BrO2S/c1-5-7(10)3-4-8(13)9(5)12-6(2)11/h3-4,13H,1-2H3. The van der Waals surface area contributed by atoms with Crippen molar-refractivity contribution in [1.29, 1.82) is 0 Å². The van der Waals surface area contributed by atoms with Crippen LogP contribution in [0.5, 0.6) is 5.75 Å². The monoisotopic (exact) mass is 260 g/mol. The Morgan fingerprint density at radius 3 is 2.69 bits per heavy atom. The second-order valence-corrected chi connectivity index (χ2v) is 3.95. The lowest BCUT2D eigenvalue weighted by atomic mass is 10.2. The highest BCUT2D eigenvalue weighted by Gasteiger charge is 2.09. The Bertz CT molecular complexity index is 350. The summed E-state index contributed by atoms with van der Waals surface area (Å²) < 4.78 is 5.92. The van der Waals surface area contributed by atoms with Gasteiger partial charge in [-0.3, -0.25) is 4.79 Å². The van der Waals surface area contributed by atoms with E-state index < -0.39 is 0 Å². The summed E-state index contributed by atoms with van der Waals surface area (Å²) in [5.74, 6) is 0.182. The van der Waals surface area contributed by atoms with Crippen molar-refractivity contribution in [3.63, 3.8) is 0 Å². The second kappa shape index (κ2) is 4.15. The van der Waals surface area contributed by atoms with Crippen LogP contribution in [0.15, 0.2) is 21.5 Å². The maximum atomic E-state index is 10.8. The van der Waals surface area contributed by atoms with E-state index in [1.165, 1.54) is 6.92 Å². The molecule has 0 aliphatic heterocycles. The summed E-state index contributed by atoms with van der Waals surface area (Å²) >= 11 is 7.54. The fourth-order valence-electron chi connectivity index (χ4n) is 0.926. The number of esters is 1. The number of carbonyl (C=O) groups is 1. The van der Waals surface area contributed by atoms with Gasteiger partial charge in [-0.25, -0.2) is 0 Å². The van der Waals surface area contributed by atoms with Gasteiger partial charge in [0.2, 0.25) is 0 Å². The summed E-state index contributed by atoms with van der Waals surface area (Å²) in [6.45, 7) is 3.23. The molecule has 0 bridgehead atoms. The van der Waals surface area contributed by atoms with E-state index in [1.807, 2.05) is 13.0 Å². The summed E-state index contributed by atoms with van der Waals surface area (Å²) in [6.07, 6.45) is 0. The molecule has 0 aliphatic carbocycles. The van der Waals surface area contributed by atoms with Gasteiger partial charge in [-0.2, -0.15) is 0 Å². The topological polar surface area (TPSA) is 26.3 Å². The minimum absolute atomic E-state index is 0.337. The number of carbonyl (C=O) groups excluding carboxylic acids is 1. The van der Waals surface area contributed by atoms with Crippen molar-refractivity contribution in [3.8, 4) is 5.75 Å². The number of ether oxygens (including phenoxy) is 1. The summed E-state index contributed by atoms with van der Waals surface area (Å²) in [7, 11) is 0. The van der Waals surface area contributed by atoms with Gasteiger partial charge in [0.15, 0.2) is 0 Å². The van der Waals surface area contributed by atoms with E-state index in [0.29, 0.717) is 10.6 Å². The van der Waals surface area contributed by atoms with Gasteiger partial charge in [-0.1, -0.05) is 15.9 Å². The van der Waals surface area contributed by atoms with E-state index in [0.717, 1.165) is 10.0 Å². The molecule has 0 aliphatic rings. The Labute approximate surface area is 90.8 Å². The fourth-order valence-corrected chi connectivity index (χ4v) is 1.53. The minimum Gasteiger partial charge on any atom is -0.425 e. The summed E-state index contributed by atoms with van der Waals surface area (Å²) in [6, 6.07) is 3.64. The summed E-state index contributed by atoms with van der Waals surface area (Å²) in [5, 5.41) is 0. The lowest BCUT2D eigenvalue weighted by Gasteiger charge is -2.09. The van der Waals surface area contributed by atoms with E-state index in [4.69, 9.17) is 4.74 Å². The molecular formula is C9H9BrO2S. The van der Waals surface area contributed by atoms with Gasteiger partial charge in [0.05, 0.1) is 0 Å². The number of thiol groups is 1. The highest BCUT2D eigenvalue weighted by molar-refractivity contribution is 9.10. The van der Waals surface area contributed by atoms with Crippen LogP contribution in [0, 0.1) is 6.92 Å². The average molecular weight is 261 g/mol. The van der Waals surface area contributed by atoms with Crippen LogP contribution in [0.3, 0.4) is 0 Å². The lowest BCUT2D eigenvalue weighted by molar-refractivity contribution is -0.132. The van der Waals surface area contributed by atoms with Gasteiger partial charge in [-0.05, 0) is 19.1 Å². The van der Waals surface area contributed by atoms with Crippen LogP contribution < -0.4 is 4.74 Å². The zero-order chi connectivity index (χ0) is 10.0. The molecule has 70 valence electrons. The SMILES string of the molecule is CC(=O)Oc1c(S)ccc(Br)c1C. The number of rotatable bonds is 1. The average Bonchev–Trinajstić information content (AvgIpc) is 2.05. The zero-order valence-corrected chi connectivity index (χ0v) is 9.78. The van der Waals surface area contributed by atoms with Crippen LogP contribution >= 0.6 is 28.6 Å². The molecule has 1 aromatic carbocycles. The summed E-state index contributed by atoms with van der Waals surface area (Å²) in [4.78, 5) is 11.4. The van der Waals surface area contributed by atoms with Crippen LogP contribution in [-0.4, -0.2) is 5.97 Å². The zero-order valence-electron chi connectivity index (χ0n) is 7.30. The van der Waals surface area contributed by atoms with Gasteiger partial charge in [0, 0.05) is 21.9 Å². The van der Waals surface area contributed by atoms with Crippen molar-refractivity contribution >= 4 is 34.5 Å². The van der Waals surface area contributed by atoms with Crippen molar-refractivity contribution < 1.29 is 9.53 Å². The Hall–Kier alpha value is -0.480. The molecular weight excluding hydrogens is 252 g/mol. The Morgan fingerprint density at radius 1 is 1.54 bits per heavy atom. The van der Waals surface area contributed by atoms with Crippen molar-refractivity contribution in [2.24, 2.45) is 0 Å². The van der Waals surface area contributed by atoms with Crippen molar-refractivity contribution in [1.82, 2.24) is 0 Å². The van der Waals surface area contributed by atoms with Crippen LogP contribution in [0.25, 0.3) is 0 Å². The van der Waals surface area contributed by atoms with Crippen LogP contribution in [0.4, 0.5) is 0 Å². The summed E-state index contributed by atoms with van der Waals surface area (Å²) in [5.41, 5.74) is 0.878. The molecule has 13 heavy (non-hydrogen) atoms. The Morgan fingerprint density at radius 2 is 2.15 bits per heavy atom. The number of hydrogen-bond donors (Lipinski definition) is 1. The number of benzene rings is 1.